The van der Waals surface area contributed by atoms with Gasteiger partial charge in [0.05, 0.1) is 14.2 Å². The van der Waals surface area contributed by atoms with E-state index in [2.05, 4.69) is 15.5 Å². The summed E-state index contributed by atoms with van der Waals surface area (Å²) in [6, 6.07) is 13.6. The number of aliphatic hydroxyl groups excluding tert-OH is 1. The summed E-state index contributed by atoms with van der Waals surface area (Å²) in [5.41, 5.74) is 2.06. The van der Waals surface area contributed by atoms with Gasteiger partial charge >= 0.3 is 0 Å². The topological polar surface area (TPSA) is 85.7 Å². The molecule has 3 rings (SSSR count). The van der Waals surface area contributed by atoms with Gasteiger partial charge in [-0.05, 0) is 55.8 Å². The van der Waals surface area contributed by atoms with Crippen molar-refractivity contribution in [1.29, 1.82) is 0 Å². The summed E-state index contributed by atoms with van der Waals surface area (Å²) in [4.78, 5) is 0. The van der Waals surface area contributed by atoms with Gasteiger partial charge in [-0.1, -0.05) is 35.6 Å². The summed E-state index contributed by atoms with van der Waals surface area (Å²) in [6.07, 6.45) is 4.05. The van der Waals surface area contributed by atoms with E-state index in [9.17, 15) is 5.11 Å². The maximum Gasteiger partial charge on any atom is 0.160 e. The highest BCUT2D eigenvalue weighted by Gasteiger charge is 2.08. The number of methoxy groups -OCH3 is 2. The predicted molar refractivity (Wildman–Crippen MR) is 128 cm³/mol. The van der Waals surface area contributed by atoms with Crippen LogP contribution in [0.15, 0.2) is 42.5 Å². The lowest BCUT2D eigenvalue weighted by atomic mass is 10.1. The lowest BCUT2D eigenvalue weighted by Crippen LogP contribution is -2.32. The number of hydrogen-bond donors (Lipinski definition) is 2. The molecule has 170 valence electrons. The van der Waals surface area contributed by atoms with E-state index in [0.717, 1.165) is 39.9 Å². The highest BCUT2D eigenvalue weighted by Crippen LogP contribution is 2.27. The first-order valence-electron chi connectivity index (χ1n) is 10.4. The van der Waals surface area contributed by atoms with E-state index in [1.54, 1.807) is 14.2 Å². The molecule has 1 aromatic heterocycles. The molecule has 1 heterocycles. The summed E-state index contributed by atoms with van der Waals surface area (Å²) in [5.74, 6) is 2.15. The minimum absolute atomic E-state index is 0.201. The van der Waals surface area contributed by atoms with Gasteiger partial charge in [0.1, 0.15) is 28.5 Å². The maximum atomic E-state index is 10.3. The van der Waals surface area contributed by atoms with Crippen molar-refractivity contribution in [3.05, 3.63) is 63.6 Å². The fraction of sp³-hybridized carbons (Fsp3) is 0.333. The maximum absolute atomic E-state index is 10.3. The van der Waals surface area contributed by atoms with Crippen molar-refractivity contribution in [2.24, 2.45) is 0 Å². The molecule has 0 saturated carbocycles. The highest BCUT2D eigenvalue weighted by atomic mass is 32.1. The summed E-state index contributed by atoms with van der Waals surface area (Å²) in [5, 5.41) is 23.5. The molecule has 1 unspecified atom stereocenters. The zero-order valence-corrected chi connectivity index (χ0v) is 19.4. The molecule has 32 heavy (non-hydrogen) atoms. The third-order valence-corrected chi connectivity index (χ3v) is 5.52. The van der Waals surface area contributed by atoms with E-state index in [4.69, 9.17) is 14.2 Å². The van der Waals surface area contributed by atoms with Crippen LogP contribution in [0, 0.1) is 6.92 Å². The number of para-hydroxylation sites is 1. The number of nitrogens with one attached hydrogen (secondary N) is 1. The van der Waals surface area contributed by atoms with Gasteiger partial charge in [0, 0.05) is 12.1 Å². The molecule has 0 aliphatic carbocycles. The van der Waals surface area contributed by atoms with Crippen molar-refractivity contribution in [2.45, 2.75) is 19.4 Å². The van der Waals surface area contributed by atoms with Crippen molar-refractivity contribution in [3.63, 3.8) is 0 Å². The molecule has 7 nitrogen and oxygen atoms in total. The second-order valence-corrected chi connectivity index (χ2v) is 8.35. The van der Waals surface area contributed by atoms with E-state index < -0.39 is 6.10 Å². The molecule has 0 radical (unpaired) electrons. The summed E-state index contributed by atoms with van der Waals surface area (Å²) in [6.45, 7) is 3.30. The second kappa shape index (κ2) is 12.2. The molecule has 0 aliphatic rings. The molecular weight excluding hydrogens is 426 g/mol. The van der Waals surface area contributed by atoms with Crippen LogP contribution in [-0.4, -0.2) is 55.3 Å². The summed E-state index contributed by atoms with van der Waals surface area (Å²) >= 11 is 1.53. The predicted octanol–water partition coefficient (Wildman–Crippen LogP) is 3.61. The molecule has 0 amide bonds. The Labute approximate surface area is 192 Å². The van der Waals surface area contributed by atoms with Crippen molar-refractivity contribution in [2.75, 3.05) is 33.9 Å². The Morgan fingerprint density at radius 1 is 1.03 bits per heavy atom. The number of aliphatic hydroxyl groups is 1. The number of ether oxygens (including phenoxy) is 3. The monoisotopic (exact) mass is 455 g/mol. The Bertz CT molecular complexity index is 1020. The zero-order chi connectivity index (χ0) is 22.8. The quantitative estimate of drug-likeness (QED) is 0.404. The van der Waals surface area contributed by atoms with E-state index >= 15 is 0 Å². The fourth-order valence-corrected chi connectivity index (χ4v) is 3.67. The normalized spacial score (nSPS) is 12.1. The largest absolute Gasteiger partial charge is 0.493 e. The van der Waals surface area contributed by atoms with Crippen LogP contribution in [0.2, 0.25) is 0 Å². The Balaban J connectivity index is 1.43. The van der Waals surface area contributed by atoms with Gasteiger partial charge in [-0.2, -0.15) is 0 Å². The van der Waals surface area contributed by atoms with E-state index in [-0.39, 0.29) is 6.61 Å². The van der Waals surface area contributed by atoms with Gasteiger partial charge < -0.3 is 24.6 Å². The number of nitrogens with zero attached hydrogens (tertiary/aromatic N) is 2. The molecule has 0 aliphatic heterocycles. The number of benzene rings is 2. The third kappa shape index (κ3) is 7.05. The van der Waals surface area contributed by atoms with Gasteiger partial charge in [-0.15, -0.1) is 10.2 Å². The first kappa shape index (κ1) is 23.7. The number of aromatic nitrogens is 2. The van der Waals surface area contributed by atoms with Gasteiger partial charge in [0.15, 0.2) is 11.5 Å². The molecular formula is C24H29N3O4S. The Morgan fingerprint density at radius 2 is 1.84 bits per heavy atom. The first-order valence-corrected chi connectivity index (χ1v) is 11.2. The van der Waals surface area contributed by atoms with Crippen LogP contribution in [0.1, 0.15) is 21.1 Å². The first-order chi connectivity index (χ1) is 15.6. The molecule has 0 bridgehead atoms. The zero-order valence-electron chi connectivity index (χ0n) is 18.6. The lowest BCUT2D eigenvalue weighted by Gasteiger charge is -2.15. The number of aryl methyl sites for hydroxylation is 1. The van der Waals surface area contributed by atoms with Gasteiger partial charge in [0.25, 0.3) is 0 Å². The van der Waals surface area contributed by atoms with Crippen molar-refractivity contribution in [3.8, 4) is 17.2 Å². The summed E-state index contributed by atoms with van der Waals surface area (Å²) in [7, 11) is 3.25. The molecule has 2 N–H and O–H groups in total. The highest BCUT2D eigenvalue weighted by molar-refractivity contribution is 7.12. The minimum atomic E-state index is -0.622. The van der Waals surface area contributed by atoms with Crippen LogP contribution < -0.4 is 19.5 Å². The molecule has 0 fully saturated rings. The van der Waals surface area contributed by atoms with Crippen molar-refractivity contribution in [1.82, 2.24) is 15.5 Å². The van der Waals surface area contributed by atoms with E-state index in [1.807, 2.05) is 61.5 Å². The van der Waals surface area contributed by atoms with Crippen molar-refractivity contribution < 1.29 is 19.3 Å². The molecule has 3 aromatic rings. The van der Waals surface area contributed by atoms with Crippen LogP contribution in [0.3, 0.4) is 0 Å². The number of hydrogen-bond acceptors (Lipinski definition) is 8. The smallest absolute Gasteiger partial charge is 0.160 e. The van der Waals surface area contributed by atoms with Crippen LogP contribution >= 0.6 is 11.3 Å². The van der Waals surface area contributed by atoms with Crippen LogP contribution in [0.5, 0.6) is 17.2 Å². The average molecular weight is 456 g/mol. The molecule has 0 spiro atoms. The Hall–Kier alpha value is -2.94. The average Bonchev–Trinajstić information content (AvgIpc) is 3.24. The molecule has 2 aromatic carbocycles. The summed E-state index contributed by atoms with van der Waals surface area (Å²) < 4.78 is 16.5. The van der Waals surface area contributed by atoms with E-state index in [1.165, 1.54) is 11.3 Å². The Morgan fingerprint density at radius 3 is 2.59 bits per heavy atom. The molecule has 1 atom stereocenters. The van der Waals surface area contributed by atoms with Gasteiger partial charge in [-0.25, -0.2) is 0 Å². The molecule has 0 saturated heterocycles. The number of rotatable bonds is 12. The molecule has 8 heteroatoms. The lowest BCUT2D eigenvalue weighted by molar-refractivity contribution is 0.106. The van der Waals surface area contributed by atoms with Crippen LogP contribution in [0.25, 0.3) is 12.2 Å². The SMILES string of the molecule is COc1ccc(CCNCC(O)COc2ccccc2C=Cc2nnc(C)s2)cc1OC. The van der Waals surface area contributed by atoms with Crippen LogP contribution in [-0.2, 0) is 6.42 Å². The van der Waals surface area contributed by atoms with E-state index in [0.29, 0.717) is 18.0 Å². The third-order valence-electron chi connectivity index (χ3n) is 4.72. The van der Waals surface area contributed by atoms with Gasteiger partial charge in [-0.3, -0.25) is 0 Å². The standard InChI is InChI=1S/C24H29N3O4S/c1-17-26-27-24(32-17)11-9-19-6-4-5-7-21(19)31-16-20(28)15-25-13-12-18-8-10-22(29-2)23(14-18)30-3/h4-11,14,20,25,28H,12-13,15-16H2,1-3H3. The van der Waals surface area contributed by atoms with Gasteiger partial charge in [0.2, 0.25) is 0 Å². The second-order valence-electron chi connectivity index (χ2n) is 7.14. The fourth-order valence-electron chi connectivity index (χ4n) is 3.07. The minimum Gasteiger partial charge on any atom is -0.493 e. The van der Waals surface area contributed by atoms with Crippen LogP contribution in [0.4, 0.5) is 0 Å². The Kier molecular flexibility index (Phi) is 9.03. The van der Waals surface area contributed by atoms with Crippen molar-refractivity contribution >= 4 is 23.5 Å².